The van der Waals surface area contributed by atoms with E-state index >= 15 is 0 Å². The van der Waals surface area contributed by atoms with Crippen LogP contribution in [0.2, 0.25) is 0 Å². The highest BCUT2D eigenvalue weighted by molar-refractivity contribution is 5.73. The van der Waals surface area contributed by atoms with Gasteiger partial charge in [0.2, 0.25) is 5.91 Å². The Labute approximate surface area is 129 Å². The molecule has 1 amide bonds. The molecule has 0 N–H and O–H groups in total. The van der Waals surface area contributed by atoms with Crippen LogP contribution in [-0.2, 0) is 4.79 Å². The van der Waals surface area contributed by atoms with Gasteiger partial charge in [0, 0.05) is 45.0 Å². The van der Waals surface area contributed by atoms with Crippen LogP contribution < -0.4 is 4.90 Å². The number of aryl methyl sites for hydroxylation is 2. The number of carbonyl (C=O) groups is 1. The highest BCUT2D eigenvalue weighted by atomic mass is 16.2. The fraction of sp³-hybridized carbons (Fsp3) is 0.467. The summed E-state index contributed by atoms with van der Waals surface area (Å²) in [6.07, 6.45) is 1.76. The molecule has 0 unspecified atom stereocenters. The fourth-order valence-corrected chi connectivity index (χ4v) is 2.70. The molecule has 1 fully saturated rings. The lowest BCUT2D eigenvalue weighted by Crippen LogP contribution is -2.48. The minimum atomic E-state index is 0.130. The Balaban J connectivity index is 1.80. The minimum absolute atomic E-state index is 0.130. The summed E-state index contributed by atoms with van der Waals surface area (Å²) in [5.74, 6) is 1.59. The number of carbonyl (C=O) groups excluding carboxylic acids is 1. The Kier molecular flexibility index (Phi) is 3.79. The maximum absolute atomic E-state index is 11.4. The first-order valence-corrected chi connectivity index (χ1v) is 7.42. The molecule has 0 spiro atoms. The SMILES string of the molecule is CC(=O)N1CCN(c2ccnc(-n3nc(C)cc3C)n2)CC1. The predicted molar refractivity (Wildman–Crippen MR) is 83.1 cm³/mol. The second kappa shape index (κ2) is 5.75. The highest BCUT2D eigenvalue weighted by Crippen LogP contribution is 2.15. The molecule has 7 heteroatoms. The van der Waals surface area contributed by atoms with Gasteiger partial charge in [0.05, 0.1) is 5.69 Å². The number of aromatic nitrogens is 4. The molecule has 116 valence electrons. The second-order valence-electron chi connectivity index (χ2n) is 5.55. The van der Waals surface area contributed by atoms with Gasteiger partial charge in [-0.3, -0.25) is 4.79 Å². The lowest BCUT2D eigenvalue weighted by atomic mass is 10.3. The Morgan fingerprint density at radius 2 is 1.91 bits per heavy atom. The van der Waals surface area contributed by atoms with Crippen molar-refractivity contribution in [3.8, 4) is 5.95 Å². The van der Waals surface area contributed by atoms with E-state index < -0.39 is 0 Å². The van der Waals surface area contributed by atoms with E-state index in [2.05, 4.69) is 20.0 Å². The summed E-state index contributed by atoms with van der Waals surface area (Å²) in [5.41, 5.74) is 1.96. The highest BCUT2D eigenvalue weighted by Gasteiger charge is 2.20. The van der Waals surface area contributed by atoms with Crippen molar-refractivity contribution in [2.45, 2.75) is 20.8 Å². The van der Waals surface area contributed by atoms with E-state index in [1.165, 1.54) is 0 Å². The molecule has 2 aromatic heterocycles. The maximum Gasteiger partial charge on any atom is 0.252 e. The molecular weight excluding hydrogens is 280 g/mol. The van der Waals surface area contributed by atoms with E-state index in [0.29, 0.717) is 5.95 Å². The van der Waals surface area contributed by atoms with Gasteiger partial charge in [-0.2, -0.15) is 10.1 Å². The molecule has 1 saturated heterocycles. The maximum atomic E-state index is 11.4. The number of hydrogen-bond donors (Lipinski definition) is 0. The van der Waals surface area contributed by atoms with Gasteiger partial charge < -0.3 is 9.80 Å². The van der Waals surface area contributed by atoms with Crippen molar-refractivity contribution in [2.75, 3.05) is 31.1 Å². The molecule has 3 heterocycles. The monoisotopic (exact) mass is 300 g/mol. The number of piperazine rings is 1. The lowest BCUT2D eigenvalue weighted by molar-refractivity contribution is -0.129. The molecule has 0 atom stereocenters. The van der Waals surface area contributed by atoms with E-state index in [1.54, 1.807) is 17.8 Å². The summed E-state index contributed by atoms with van der Waals surface area (Å²) < 4.78 is 1.75. The number of anilines is 1. The summed E-state index contributed by atoms with van der Waals surface area (Å²) in [5, 5.41) is 4.42. The Hall–Kier alpha value is -2.44. The standard InChI is InChI=1S/C15H20N6O/c1-11-10-12(2)21(18-11)15-16-5-4-14(17-15)20-8-6-19(7-9-20)13(3)22/h4-5,10H,6-9H2,1-3H3. The van der Waals surface area contributed by atoms with Crippen LogP contribution in [0.15, 0.2) is 18.3 Å². The van der Waals surface area contributed by atoms with Crippen LogP contribution in [0.25, 0.3) is 5.95 Å². The number of rotatable bonds is 2. The van der Waals surface area contributed by atoms with Gasteiger partial charge in [-0.15, -0.1) is 0 Å². The third-order valence-corrected chi connectivity index (χ3v) is 3.88. The molecule has 0 bridgehead atoms. The molecule has 0 aromatic carbocycles. The molecule has 0 aliphatic carbocycles. The van der Waals surface area contributed by atoms with E-state index in [-0.39, 0.29) is 5.91 Å². The number of nitrogens with zero attached hydrogens (tertiary/aromatic N) is 6. The topological polar surface area (TPSA) is 67.2 Å². The second-order valence-corrected chi connectivity index (χ2v) is 5.55. The van der Waals surface area contributed by atoms with Gasteiger partial charge in [0.1, 0.15) is 5.82 Å². The summed E-state index contributed by atoms with van der Waals surface area (Å²) in [6, 6.07) is 3.90. The molecule has 1 aliphatic heterocycles. The van der Waals surface area contributed by atoms with Crippen LogP contribution in [0.3, 0.4) is 0 Å². The van der Waals surface area contributed by atoms with Crippen LogP contribution in [0.4, 0.5) is 5.82 Å². The van der Waals surface area contributed by atoms with Gasteiger partial charge >= 0.3 is 0 Å². The van der Waals surface area contributed by atoms with Crippen LogP contribution in [0.5, 0.6) is 0 Å². The summed E-state index contributed by atoms with van der Waals surface area (Å²) in [6.45, 7) is 8.58. The molecule has 0 radical (unpaired) electrons. The largest absolute Gasteiger partial charge is 0.353 e. The number of amides is 1. The van der Waals surface area contributed by atoms with Gasteiger partial charge in [0.15, 0.2) is 0 Å². The third-order valence-electron chi connectivity index (χ3n) is 3.88. The lowest BCUT2D eigenvalue weighted by Gasteiger charge is -2.34. The number of hydrogen-bond acceptors (Lipinski definition) is 5. The Bertz CT molecular complexity index is 687. The van der Waals surface area contributed by atoms with Gasteiger partial charge in [-0.05, 0) is 26.0 Å². The summed E-state index contributed by atoms with van der Waals surface area (Å²) in [7, 11) is 0. The molecule has 0 saturated carbocycles. The molecular formula is C15H20N6O. The zero-order valence-electron chi connectivity index (χ0n) is 13.2. The van der Waals surface area contributed by atoms with Crippen molar-refractivity contribution in [3.63, 3.8) is 0 Å². The fourth-order valence-electron chi connectivity index (χ4n) is 2.70. The van der Waals surface area contributed by atoms with Crippen LogP contribution in [-0.4, -0.2) is 56.7 Å². The summed E-state index contributed by atoms with van der Waals surface area (Å²) in [4.78, 5) is 24.4. The quantitative estimate of drug-likeness (QED) is 0.826. The third kappa shape index (κ3) is 2.79. The van der Waals surface area contributed by atoms with Crippen molar-refractivity contribution in [2.24, 2.45) is 0 Å². The zero-order chi connectivity index (χ0) is 15.7. The van der Waals surface area contributed by atoms with E-state index in [1.807, 2.05) is 30.9 Å². The van der Waals surface area contributed by atoms with Crippen molar-refractivity contribution in [1.29, 1.82) is 0 Å². The summed E-state index contributed by atoms with van der Waals surface area (Å²) >= 11 is 0. The first kappa shape index (κ1) is 14.5. The van der Waals surface area contributed by atoms with Gasteiger partial charge in [-0.1, -0.05) is 0 Å². The van der Waals surface area contributed by atoms with Gasteiger partial charge in [-0.25, -0.2) is 9.67 Å². The molecule has 22 heavy (non-hydrogen) atoms. The zero-order valence-corrected chi connectivity index (χ0v) is 13.2. The first-order valence-electron chi connectivity index (χ1n) is 7.42. The van der Waals surface area contributed by atoms with Crippen molar-refractivity contribution in [3.05, 3.63) is 29.7 Å². The molecule has 7 nitrogen and oxygen atoms in total. The van der Waals surface area contributed by atoms with E-state index in [0.717, 1.165) is 43.4 Å². The Morgan fingerprint density at radius 3 is 2.50 bits per heavy atom. The normalized spacial score (nSPS) is 15.2. The van der Waals surface area contributed by atoms with E-state index in [9.17, 15) is 4.79 Å². The smallest absolute Gasteiger partial charge is 0.252 e. The average Bonchev–Trinajstić information content (AvgIpc) is 2.86. The molecule has 3 rings (SSSR count). The Morgan fingerprint density at radius 1 is 1.18 bits per heavy atom. The van der Waals surface area contributed by atoms with Crippen molar-refractivity contribution >= 4 is 11.7 Å². The van der Waals surface area contributed by atoms with Crippen molar-refractivity contribution in [1.82, 2.24) is 24.6 Å². The van der Waals surface area contributed by atoms with E-state index in [4.69, 9.17) is 0 Å². The van der Waals surface area contributed by atoms with Gasteiger partial charge in [0.25, 0.3) is 5.95 Å². The predicted octanol–water partition coefficient (Wildman–Crippen LogP) is 0.948. The minimum Gasteiger partial charge on any atom is -0.353 e. The molecule has 2 aromatic rings. The average molecular weight is 300 g/mol. The molecule has 1 aliphatic rings. The van der Waals surface area contributed by atoms with Crippen molar-refractivity contribution < 1.29 is 4.79 Å². The first-order chi connectivity index (χ1) is 10.5. The van der Waals surface area contributed by atoms with Crippen LogP contribution in [0.1, 0.15) is 18.3 Å². The van der Waals surface area contributed by atoms with Crippen LogP contribution in [0, 0.1) is 13.8 Å². The van der Waals surface area contributed by atoms with Crippen LogP contribution >= 0.6 is 0 Å².